The highest BCUT2D eigenvalue weighted by molar-refractivity contribution is 7.71. The van der Waals surface area contributed by atoms with Crippen molar-refractivity contribution in [3.8, 4) is 0 Å². The smallest absolute Gasteiger partial charge is 0.240 e. The van der Waals surface area contributed by atoms with Gasteiger partial charge in [0.05, 0.1) is 17.2 Å². The number of hydrogen-bond donors (Lipinski definition) is 2. The van der Waals surface area contributed by atoms with Crippen LogP contribution in [0.1, 0.15) is 13.0 Å². The van der Waals surface area contributed by atoms with Crippen LogP contribution >= 0.6 is 12.2 Å². The summed E-state index contributed by atoms with van der Waals surface area (Å²) in [4.78, 5) is 18.1. The third kappa shape index (κ3) is 1.52. The minimum atomic E-state index is -0.464. The van der Waals surface area contributed by atoms with Gasteiger partial charge in [-0.05, 0) is 25.2 Å². The van der Waals surface area contributed by atoms with Crippen LogP contribution in [0.4, 0.5) is 0 Å². The van der Waals surface area contributed by atoms with Gasteiger partial charge in [0, 0.05) is 6.20 Å². The van der Waals surface area contributed by atoms with Crippen molar-refractivity contribution >= 4 is 29.2 Å². The van der Waals surface area contributed by atoms with Gasteiger partial charge in [0.25, 0.3) is 0 Å². The molecule has 0 fully saturated rings. The second-order valence-corrected chi connectivity index (χ2v) is 3.66. The molecule has 0 saturated heterocycles. The third-order valence-electron chi connectivity index (χ3n) is 2.32. The van der Waals surface area contributed by atoms with Crippen molar-refractivity contribution in [1.29, 1.82) is 0 Å². The Balaban J connectivity index is 2.74. The minimum absolute atomic E-state index is 0.413. The number of aromatic nitrogens is 3. The van der Waals surface area contributed by atoms with Gasteiger partial charge in [0.2, 0.25) is 5.91 Å². The zero-order valence-corrected chi connectivity index (χ0v) is 8.91. The van der Waals surface area contributed by atoms with Gasteiger partial charge in [-0.15, -0.1) is 0 Å². The third-order valence-corrected chi connectivity index (χ3v) is 2.62. The molecule has 2 aromatic rings. The van der Waals surface area contributed by atoms with E-state index in [1.54, 1.807) is 30.0 Å². The molecule has 6 heteroatoms. The number of nitrogens with zero attached hydrogens (tertiary/aromatic N) is 2. The summed E-state index contributed by atoms with van der Waals surface area (Å²) in [5, 5.41) is 0. The molecule has 5 nitrogen and oxygen atoms in total. The number of fused-ring (bicyclic) bond motifs is 1. The number of carbonyl (C=O) groups is 1. The Kier molecular flexibility index (Phi) is 2.28. The normalized spacial score (nSPS) is 12.9. The second-order valence-electron chi connectivity index (χ2n) is 3.27. The Morgan fingerprint density at radius 2 is 2.47 bits per heavy atom. The molecular formula is C9H10N4OS. The number of pyridine rings is 1. The molecule has 1 atom stereocenters. The summed E-state index contributed by atoms with van der Waals surface area (Å²) in [6, 6.07) is 1.33. The topological polar surface area (TPSA) is 76.7 Å². The van der Waals surface area contributed by atoms with E-state index in [2.05, 4.69) is 9.97 Å². The van der Waals surface area contributed by atoms with E-state index in [-0.39, 0.29) is 0 Å². The quantitative estimate of drug-likeness (QED) is 0.748. The van der Waals surface area contributed by atoms with Crippen molar-refractivity contribution in [3.63, 3.8) is 0 Å². The lowest BCUT2D eigenvalue weighted by Crippen LogP contribution is -2.23. The van der Waals surface area contributed by atoms with E-state index < -0.39 is 11.9 Å². The first-order chi connectivity index (χ1) is 7.11. The van der Waals surface area contributed by atoms with E-state index in [0.29, 0.717) is 4.77 Å². The maximum Gasteiger partial charge on any atom is 0.240 e. The average Bonchev–Trinajstić information content (AvgIpc) is 2.52. The van der Waals surface area contributed by atoms with Crippen LogP contribution in [0.15, 0.2) is 18.5 Å². The number of hydrogen-bond acceptors (Lipinski definition) is 3. The number of nitrogens with one attached hydrogen (secondary N) is 1. The molecule has 0 radical (unpaired) electrons. The van der Waals surface area contributed by atoms with Crippen molar-refractivity contribution < 1.29 is 4.79 Å². The Labute approximate surface area is 90.9 Å². The first-order valence-electron chi connectivity index (χ1n) is 4.45. The van der Waals surface area contributed by atoms with Crippen LogP contribution in [0.3, 0.4) is 0 Å². The van der Waals surface area contributed by atoms with E-state index in [1.165, 1.54) is 0 Å². The van der Waals surface area contributed by atoms with Crippen LogP contribution in [0.25, 0.3) is 11.0 Å². The fourth-order valence-electron chi connectivity index (χ4n) is 1.49. The molecule has 2 aromatic heterocycles. The molecule has 0 spiro atoms. The van der Waals surface area contributed by atoms with Crippen LogP contribution in [0, 0.1) is 4.77 Å². The SMILES string of the molecule is CC(C(N)=O)n1c(=S)[nH]c2cnccc21. The predicted molar refractivity (Wildman–Crippen MR) is 58.8 cm³/mol. The molecule has 1 unspecified atom stereocenters. The van der Waals surface area contributed by atoms with Crippen molar-refractivity contribution in [2.45, 2.75) is 13.0 Å². The number of rotatable bonds is 2. The van der Waals surface area contributed by atoms with E-state index in [4.69, 9.17) is 18.0 Å². The molecule has 0 aliphatic carbocycles. The second kappa shape index (κ2) is 3.47. The summed E-state index contributed by atoms with van der Waals surface area (Å²) in [7, 11) is 0. The molecule has 0 bridgehead atoms. The maximum atomic E-state index is 11.1. The van der Waals surface area contributed by atoms with Gasteiger partial charge in [0.15, 0.2) is 4.77 Å². The molecule has 15 heavy (non-hydrogen) atoms. The molecule has 2 heterocycles. The Hall–Kier alpha value is -1.69. The molecule has 3 N–H and O–H groups in total. The predicted octanol–water partition coefficient (Wildman–Crippen LogP) is 1.14. The van der Waals surface area contributed by atoms with Gasteiger partial charge in [-0.3, -0.25) is 9.78 Å². The number of H-pyrrole nitrogens is 1. The summed E-state index contributed by atoms with van der Waals surface area (Å²) in [6.45, 7) is 1.71. The largest absolute Gasteiger partial charge is 0.368 e. The minimum Gasteiger partial charge on any atom is -0.368 e. The first-order valence-corrected chi connectivity index (χ1v) is 4.85. The number of primary amides is 1. The summed E-state index contributed by atoms with van der Waals surface area (Å²) >= 11 is 5.12. The van der Waals surface area contributed by atoms with Crippen molar-refractivity contribution in [1.82, 2.24) is 14.5 Å². The monoisotopic (exact) mass is 222 g/mol. The van der Waals surface area contributed by atoms with Gasteiger partial charge in [0.1, 0.15) is 6.04 Å². The molecule has 0 saturated carbocycles. The van der Waals surface area contributed by atoms with Crippen LogP contribution in [-0.2, 0) is 4.79 Å². The Morgan fingerprint density at radius 3 is 3.13 bits per heavy atom. The van der Waals surface area contributed by atoms with Crippen molar-refractivity contribution in [3.05, 3.63) is 23.2 Å². The van der Waals surface area contributed by atoms with Crippen LogP contribution < -0.4 is 5.73 Å². The van der Waals surface area contributed by atoms with Gasteiger partial charge < -0.3 is 15.3 Å². The number of nitrogens with two attached hydrogens (primary N) is 1. The fraction of sp³-hybridized carbons (Fsp3) is 0.222. The van der Waals surface area contributed by atoms with Gasteiger partial charge in [-0.25, -0.2) is 0 Å². The standard InChI is InChI=1S/C9H10N4OS/c1-5(8(10)14)13-7-2-3-11-4-6(7)12-9(13)15/h2-5H,1H3,(H2,10,14)(H,12,15). The van der Waals surface area contributed by atoms with Gasteiger partial charge in [-0.2, -0.15) is 0 Å². The Bertz CT molecular complexity index is 571. The molecule has 0 aliphatic rings. The highest BCUT2D eigenvalue weighted by Gasteiger charge is 2.15. The summed E-state index contributed by atoms with van der Waals surface area (Å²) in [6.07, 6.45) is 3.31. The zero-order valence-electron chi connectivity index (χ0n) is 8.10. The molecule has 2 rings (SSSR count). The molecule has 1 amide bonds. The number of carbonyl (C=O) groups excluding carboxylic acids is 1. The average molecular weight is 222 g/mol. The van der Waals surface area contributed by atoms with E-state index in [0.717, 1.165) is 11.0 Å². The zero-order chi connectivity index (χ0) is 11.0. The van der Waals surface area contributed by atoms with Crippen LogP contribution in [-0.4, -0.2) is 20.4 Å². The highest BCUT2D eigenvalue weighted by atomic mass is 32.1. The molecule has 0 aliphatic heterocycles. The lowest BCUT2D eigenvalue weighted by Gasteiger charge is -2.09. The fourth-order valence-corrected chi connectivity index (χ4v) is 1.86. The van der Waals surface area contributed by atoms with Gasteiger partial charge in [-0.1, -0.05) is 0 Å². The Morgan fingerprint density at radius 1 is 1.73 bits per heavy atom. The van der Waals surface area contributed by atoms with Crippen molar-refractivity contribution in [2.75, 3.05) is 0 Å². The molecule has 78 valence electrons. The van der Waals surface area contributed by atoms with Crippen LogP contribution in [0.2, 0.25) is 0 Å². The number of aromatic amines is 1. The maximum absolute atomic E-state index is 11.1. The first kappa shape index (κ1) is 9.85. The molecule has 0 aromatic carbocycles. The van der Waals surface area contributed by atoms with E-state index >= 15 is 0 Å². The number of amides is 1. The van der Waals surface area contributed by atoms with Crippen LogP contribution in [0.5, 0.6) is 0 Å². The van der Waals surface area contributed by atoms with E-state index in [1.807, 2.05) is 0 Å². The summed E-state index contributed by atoms with van der Waals surface area (Å²) in [5.41, 5.74) is 6.89. The van der Waals surface area contributed by atoms with Gasteiger partial charge >= 0.3 is 0 Å². The van der Waals surface area contributed by atoms with E-state index in [9.17, 15) is 4.79 Å². The summed E-state index contributed by atoms with van der Waals surface area (Å²) < 4.78 is 2.17. The lowest BCUT2D eigenvalue weighted by atomic mass is 10.3. The van der Waals surface area contributed by atoms with Crippen molar-refractivity contribution in [2.24, 2.45) is 5.73 Å². The highest BCUT2D eigenvalue weighted by Crippen LogP contribution is 2.17. The number of imidazole rings is 1. The molecular weight excluding hydrogens is 212 g/mol. The lowest BCUT2D eigenvalue weighted by molar-refractivity contribution is -0.120. The summed E-state index contributed by atoms with van der Waals surface area (Å²) in [5.74, 6) is -0.413.